The van der Waals surface area contributed by atoms with Gasteiger partial charge in [-0.15, -0.1) is 0 Å². The first-order valence-corrected chi connectivity index (χ1v) is 12.3. The Balaban J connectivity index is 1.53. The van der Waals surface area contributed by atoms with Gasteiger partial charge in [-0.05, 0) is 66.9 Å². The second kappa shape index (κ2) is 9.81. The number of pyridine rings is 1. The number of aromatic nitrogens is 1. The summed E-state index contributed by atoms with van der Waals surface area (Å²) in [6.07, 6.45) is 3.44. The lowest BCUT2D eigenvalue weighted by atomic mass is 10.1. The Bertz CT molecular complexity index is 1180. The minimum atomic E-state index is -3.50. The fraction of sp³-hybridized carbons (Fsp3) is 0.250. The van der Waals surface area contributed by atoms with Gasteiger partial charge in [-0.25, -0.2) is 13.4 Å². The third-order valence-electron chi connectivity index (χ3n) is 5.45. The topological polar surface area (TPSA) is 70.6 Å². The third kappa shape index (κ3) is 5.18. The van der Waals surface area contributed by atoms with E-state index in [4.69, 9.17) is 11.6 Å². The van der Waals surface area contributed by atoms with Crippen molar-refractivity contribution in [3.8, 4) is 0 Å². The number of Topliss-reactive ketones (excluding diaryl/α,β-unsaturated/α-hetero) is 1. The first-order valence-electron chi connectivity index (χ1n) is 10.5. The molecule has 3 aromatic rings. The molecule has 0 unspecified atom stereocenters. The van der Waals surface area contributed by atoms with E-state index in [1.807, 2.05) is 41.3 Å². The zero-order valence-electron chi connectivity index (χ0n) is 17.5. The van der Waals surface area contributed by atoms with Crippen LogP contribution < -0.4 is 4.90 Å². The molecule has 0 spiro atoms. The lowest BCUT2D eigenvalue weighted by molar-refractivity contribution is 0.0998. The molecule has 6 nitrogen and oxygen atoms in total. The normalized spacial score (nSPS) is 14.4. The van der Waals surface area contributed by atoms with Crippen molar-refractivity contribution in [2.24, 2.45) is 0 Å². The second-order valence-electron chi connectivity index (χ2n) is 7.73. The maximum absolute atomic E-state index is 13.0. The Morgan fingerprint density at radius 2 is 1.75 bits per heavy atom. The molecular weight excluding hydrogens is 446 g/mol. The van der Waals surface area contributed by atoms with Gasteiger partial charge in [0.15, 0.2) is 5.78 Å². The highest BCUT2D eigenvalue weighted by Gasteiger charge is 2.27. The average Bonchev–Trinajstić information content (AvgIpc) is 3.35. The summed E-state index contributed by atoms with van der Waals surface area (Å²) in [4.78, 5) is 19.5. The van der Waals surface area contributed by atoms with Gasteiger partial charge in [0.1, 0.15) is 5.82 Å². The zero-order chi connectivity index (χ0) is 22.6. The van der Waals surface area contributed by atoms with Crippen molar-refractivity contribution in [1.29, 1.82) is 0 Å². The summed E-state index contributed by atoms with van der Waals surface area (Å²) in [5.41, 5.74) is 1.42. The predicted molar refractivity (Wildman–Crippen MR) is 126 cm³/mol. The van der Waals surface area contributed by atoms with Crippen LogP contribution >= 0.6 is 11.6 Å². The molecule has 0 N–H and O–H groups in total. The molecule has 2 aromatic carbocycles. The molecule has 1 aliphatic rings. The highest BCUT2D eigenvalue weighted by Crippen LogP contribution is 2.22. The molecule has 8 heteroatoms. The number of sulfonamides is 1. The van der Waals surface area contributed by atoms with Gasteiger partial charge < -0.3 is 4.90 Å². The van der Waals surface area contributed by atoms with Gasteiger partial charge in [0, 0.05) is 36.4 Å². The predicted octanol–water partition coefficient (Wildman–Crippen LogP) is 4.41. The van der Waals surface area contributed by atoms with Crippen molar-refractivity contribution in [3.05, 3.63) is 89.1 Å². The van der Waals surface area contributed by atoms with Crippen LogP contribution in [0.5, 0.6) is 0 Å². The Morgan fingerprint density at radius 1 is 1.00 bits per heavy atom. The van der Waals surface area contributed by atoms with Crippen LogP contribution in [-0.2, 0) is 16.6 Å². The van der Waals surface area contributed by atoms with Crippen molar-refractivity contribution < 1.29 is 13.2 Å². The lowest BCUT2D eigenvalue weighted by Gasteiger charge is -2.23. The number of carbonyl (C=O) groups excluding carboxylic acids is 1. The first kappa shape index (κ1) is 22.5. The van der Waals surface area contributed by atoms with Crippen molar-refractivity contribution in [2.45, 2.75) is 24.3 Å². The van der Waals surface area contributed by atoms with Crippen LogP contribution in [0, 0.1) is 0 Å². The highest BCUT2D eigenvalue weighted by molar-refractivity contribution is 7.89. The SMILES string of the molecule is O=C(CN(Cc1cccc(Cl)c1)c1ccccn1)c1ccc(S(=O)(=O)N2CCCC2)cc1. The molecule has 0 aliphatic carbocycles. The van der Waals surface area contributed by atoms with E-state index < -0.39 is 10.0 Å². The van der Waals surface area contributed by atoms with Crippen LogP contribution in [0.4, 0.5) is 5.82 Å². The minimum Gasteiger partial charge on any atom is -0.345 e. The van der Waals surface area contributed by atoms with Crippen LogP contribution in [0.15, 0.2) is 77.8 Å². The highest BCUT2D eigenvalue weighted by atomic mass is 35.5. The standard InChI is InChI=1S/C24H24ClN3O3S/c25-21-7-5-6-19(16-21)17-27(24-8-1-2-13-26-24)18-23(29)20-9-11-22(12-10-20)32(30,31)28-14-3-4-15-28/h1-2,5-13,16H,3-4,14-15,17-18H2. The monoisotopic (exact) mass is 469 g/mol. The zero-order valence-corrected chi connectivity index (χ0v) is 19.1. The number of hydrogen-bond acceptors (Lipinski definition) is 5. The quantitative estimate of drug-likeness (QED) is 0.457. The van der Waals surface area contributed by atoms with E-state index in [0.717, 1.165) is 18.4 Å². The lowest BCUT2D eigenvalue weighted by Crippen LogP contribution is -2.30. The van der Waals surface area contributed by atoms with Crippen LogP contribution in [0.2, 0.25) is 5.02 Å². The number of rotatable bonds is 8. The van der Waals surface area contributed by atoms with Gasteiger partial charge >= 0.3 is 0 Å². The van der Waals surface area contributed by atoms with E-state index in [0.29, 0.717) is 36.0 Å². The van der Waals surface area contributed by atoms with Crippen molar-refractivity contribution in [2.75, 3.05) is 24.5 Å². The number of benzene rings is 2. The summed E-state index contributed by atoms with van der Waals surface area (Å²) in [7, 11) is -3.50. The van der Waals surface area contributed by atoms with E-state index in [1.54, 1.807) is 24.4 Å². The average molecular weight is 470 g/mol. The molecule has 0 bridgehead atoms. The van der Waals surface area contributed by atoms with Gasteiger partial charge in [0.2, 0.25) is 10.0 Å². The molecule has 0 amide bonds. The number of halogens is 1. The number of carbonyl (C=O) groups is 1. The summed E-state index contributed by atoms with van der Waals surface area (Å²) < 4.78 is 26.9. The number of hydrogen-bond donors (Lipinski definition) is 0. The van der Waals surface area contributed by atoms with Crippen molar-refractivity contribution in [1.82, 2.24) is 9.29 Å². The largest absolute Gasteiger partial charge is 0.345 e. The molecule has 1 saturated heterocycles. The molecule has 0 saturated carbocycles. The Labute approximate surface area is 193 Å². The van der Waals surface area contributed by atoms with Crippen molar-refractivity contribution in [3.63, 3.8) is 0 Å². The summed E-state index contributed by atoms with van der Waals surface area (Å²) in [5.74, 6) is 0.553. The Morgan fingerprint density at radius 3 is 2.41 bits per heavy atom. The molecule has 2 heterocycles. The maximum atomic E-state index is 13.0. The molecule has 0 atom stereocenters. The Hall–Kier alpha value is -2.74. The molecule has 4 rings (SSSR count). The number of ketones is 1. The number of nitrogens with zero attached hydrogens (tertiary/aromatic N) is 3. The summed E-state index contributed by atoms with van der Waals surface area (Å²) in [5, 5.41) is 0.629. The van der Waals surface area contributed by atoms with Gasteiger partial charge in [0.25, 0.3) is 0 Å². The second-order valence-corrected chi connectivity index (χ2v) is 10.1. The van der Waals surface area contributed by atoms with E-state index in [9.17, 15) is 13.2 Å². The number of anilines is 1. The summed E-state index contributed by atoms with van der Waals surface area (Å²) >= 11 is 6.12. The van der Waals surface area contributed by atoms with E-state index in [1.165, 1.54) is 16.4 Å². The fourth-order valence-corrected chi connectivity index (χ4v) is 5.50. The third-order valence-corrected chi connectivity index (χ3v) is 7.60. The maximum Gasteiger partial charge on any atom is 0.243 e. The van der Waals surface area contributed by atoms with Gasteiger partial charge in [-0.2, -0.15) is 4.31 Å². The van der Waals surface area contributed by atoms with Crippen LogP contribution in [0.3, 0.4) is 0 Å². The molecule has 32 heavy (non-hydrogen) atoms. The van der Waals surface area contributed by atoms with Gasteiger partial charge in [-0.1, -0.05) is 29.8 Å². The van der Waals surface area contributed by atoms with Gasteiger partial charge in [-0.3, -0.25) is 4.79 Å². The smallest absolute Gasteiger partial charge is 0.243 e. The molecular formula is C24H24ClN3O3S. The van der Waals surface area contributed by atoms with Crippen LogP contribution in [-0.4, -0.2) is 43.1 Å². The first-order chi connectivity index (χ1) is 15.4. The van der Waals surface area contributed by atoms with Crippen LogP contribution in [0.25, 0.3) is 0 Å². The van der Waals surface area contributed by atoms with Crippen LogP contribution in [0.1, 0.15) is 28.8 Å². The van der Waals surface area contributed by atoms with Gasteiger partial charge in [0.05, 0.1) is 11.4 Å². The van der Waals surface area contributed by atoms with Crippen molar-refractivity contribution >= 4 is 33.2 Å². The van der Waals surface area contributed by atoms with E-state index in [2.05, 4.69) is 4.98 Å². The molecule has 166 valence electrons. The molecule has 0 radical (unpaired) electrons. The molecule has 1 aromatic heterocycles. The Kier molecular flexibility index (Phi) is 6.89. The van der Waals surface area contributed by atoms with E-state index >= 15 is 0 Å². The minimum absolute atomic E-state index is 0.0990. The molecule has 1 aliphatic heterocycles. The summed E-state index contributed by atoms with van der Waals surface area (Å²) in [6.45, 7) is 1.66. The summed E-state index contributed by atoms with van der Waals surface area (Å²) in [6, 6.07) is 19.2. The molecule has 1 fully saturated rings. The van der Waals surface area contributed by atoms with E-state index in [-0.39, 0.29) is 17.2 Å². The fourth-order valence-electron chi connectivity index (χ4n) is 3.77.